The fourth-order valence-electron chi connectivity index (χ4n) is 10.6. The van der Waals surface area contributed by atoms with Gasteiger partial charge in [0.15, 0.2) is 11.6 Å². The van der Waals surface area contributed by atoms with Crippen LogP contribution in [0.5, 0.6) is 0 Å². The number of ketones is 2. The summed E-state index contributed by atoms with van der Waals surface area (Å²) in [7, 11) is 1.62. The number of hydrogen-bond acceptors (Lipinski definition) is 7. The van der Waals surface area contributed by atoms with Crippen LogP contribution in [-0.2, 0) is 26.3 Å². The third-order valence-corrected chi connectivity index (χ3v) is 13.0. The van der Waals surface area contributed by atoms with Gasteiger partial charge in [-0.1, -0.05) is 60.1 Å². The number of carbonyl (C=O) groups excluding carboxylic acids is 2. The second kappa shape index (κ2) is 8.72. The van der Waals surface area contributed by atoms with Crippen LogP contribution in [0.25, 0.3) is 0 Å². The number of Topliss-reactive ketones (excluding diaryl/α,β-unsaturated/α-hetero) is 1. The number of rotatable bonds is 3. The first-order chi connectivity index (χ1) is 19.1. The molecule has 6 rings (SSSR count). The van der Waals surface area contributed by atoms with Gasteiger partial charge in [-0.25, -0.2) is 0 Å². The lowest BCUT2D eigenvalue weighted by Gasteiger charge is -2.68. The Morgan fingerprint density at radius 1 is 1.02 bits per heavy atom. The molecule has 220 valence electrons. The molecule has 7 nitrogen and oxygen atoms in total. The highest BCUT2D eigenvalue weighted by Crippen LogP contribution is 2.74. The van der Waals surface area contributed by atoms with Gasteiger partial charge in [-0.05, 0) is 79.1 Å². The summed E-state index contributed by atoms with van der Waals surface area (Å²) < 4.78 is 11.5. The molecule has 0 saturated heterocycles. The van der Waals surface area contributed by atoms with Crippen molar-refractivity contribution < 1.29 is 18.7 Å². The van der Waals surface area contributed by atoms with Gasteiger partial charge in [-0.2, -0.15) is 5.26 Å². The predicted molar refractivity (Wildman–Crippen MR) is 153 cm³/mol. The largest absolute Gasteiger partial charge is 0.422 e. The van der Waals surface area contributed by atoms with Gasteiger partial charge in [0.25, 0.3) is 0 Å². The fraction of sp³-hybridized carbons (Fsp3) is 0.735. The van der Waals surface area contributed by atoms with Crippen molar-refractivity contribution in [2.24, 2.45) is 44.8 Å². The van der Waals surface area contributed by atoms with Crippen molar-refractivity contribution in [2.45, 2.75) is 105 Å². The molecule has 5 aliphatic rings. The molecule has 0 spiro atoms. The van der Waals surface area contributed by atoms with E-state index in [2.05, 4.69) is 50.9 Å². The van der Waals surface area contributed by atoms with Crippen LogP contribution in [0, 0.1) is 56.2 Å². The molecule has 7 atom stereocenters. The smallest absolute Gasteiger partial charge is 0.242 e. The zero-order valence-corrected chi connectivity index (χ0v) is 26.0. The third kappa shape index (κ3) is 3.58. The van der Waals surface area contributed by atoms with Crippen LogP contribution in [0.3, 0.4) is 0 Å². The molecular formula is C34H45N3O4. The third-order valence-electron chi connectivity index (χ3n) is 13.0. The molecule has 0 bridgehead atoms. The van der Waals surface area contributed by atoms with E-state index in [9.17, 15) is 14.9 Å². The highest BCUT2D eigenvalue weighted by atomic mass is 16.5. The summed E-state index contributed by atoms with van der Waals surface area (Å²) in [6.45, 7) is 15.8. The van der Waals surface area contributed by atoms with Crippen molar-refractivity contribution in [3.8, 4) is 6.07 Å². The number of nitriles is 1. The fourth-order valence-corrected chi connectivity index (χ4v) is 10.6. The topological polar surface area (TPSA) is 106 Å². The zero-order valence-electron chi connectivity index (χ0n) is 26.0. The molecular weight excluding hydrogens is 514 g/mol. The van der Waals surface area contributed by atoms with Crippen molar-refractivity contribution >= 4 is 11.6 Å². The zero-order chi connectivity index (χ0) is 29.8. The molecule has 0 amide bonds. The summed E-state index contributed by atoms with van der Waals surface area (Å²) in [5.74, 6) is 1.23. The Morgan fingerprint density at radius 2 is 1.73 bits per heavy atom. The van der Waals surface area contributed by atoms with Crippen molar-refractivity contribution in [3.05, 3.63) is 35.1 Å². The second-order valence-corrected chi connectivity index (χ2v) is 15.8. The molecule has 0 N–H and O–H groups in total. The van der Waals surface area contributed by atoms with E-state index in [1.54, 1.807) is 7.11 Å². The highest BCUT2D eigenvalue weighted by Gasteiger charge is 2.70. The Balaban J connectivity index is 1.51. The van der Waals surface area contributed by atoms with E-state index >= 15 is 0 Å². The molecule has 1 aromatic rings. The second-order valence-electron chi connectivity index (χ2n) is 15.8. The standard InChI is InChI=1S/C34H45N3O4/c1-29(2)11-13-34(28-37-36-25(41-28)19-40-8)14-12-33(7)26(21(34)17-29)22(38)15-24-31(5)16-20(18-35)27(39)30(3,4)23(31)9-10-32(24,33)6/h15-16,21,23,26H,9-14,17,19H2,1-8H3/t21?,23-,26?,31-,32+,33+,34-/m0/s1. The predicted octanol–water partition coefficient (Wildman–Crippen LogP) is 6.69. The van der Waals surface area contributed by atoms with Gasteiger partial charge in [0.05, 0.1) is 11.0 Å². The minimum Gasteiger partial charge on any atom is -0.422 e. The number of methoxy groups -OCH3 is 1. The molecule has 41 heavy (non-hydrogen) atoms. The number of ether oxygens (including phenoxy) is 1. The van der Waals surface area contributed by atoms with Crippen LogP contribution >= 0.6 is 0 Å². The minimum atomic E-state index is -0.662. The molecule has 5 aliphatic carbocycles. The average Bonchev–Trinajstić information content (AvgIpc) is 3.37. The van der Waals surface area contributed by atoms with E-state index < -0.39 is 10.8 Å². The maximum Gasteiger partial charge on any atom is 0.242 e. The first kappa shape index (κ1) is 28.5. The molecule has 1 heterocycles. The maximum atomic E-state index is 14.7. The van der Waals surface area contributed by atoms with E-state index in [0.717, 1.165) is 50.5 Å². The Bertz CT molecular complexity index is 1430. The van der Waals surface area contributed by atoms with E-state index in [-0.39, 0.29) is 63.2 Å². The minimum absolute atomic E-state index is 0.0424. The number of aromatic nitrogens is 2. The lowest BCUT2D eigenvalue weighted by molar-refractivity contribution is -0.161. The summed E-state index contributed by atoms with van der Waals surface area (Å²) in [4.78, 5) is 28.0. The Morgan fingerprint density at radius 3 is 2.41 bits per heavy atom. The van der Waals surface area contributed by atoms with Crippen LogP contribution in [-0.4, -0.2) is 28.9 Å². The summed E-state index contributed by atoms with van der Waals surface area (Å²) in [6, 6.07) is 2.20. The van der Waals surface area contributed by atoms with Crippen LogP contribution in [0.1, 0.15) is 105 Å². The van der Waals surface area contributed by atoms with Crippen LogP contribution < -0.4 is 0 Å². The quantitative estimate of drug-likeness (QED) is 0.406. The van der Waals surface area contributed by atoms with Crippen molar-refractivity contribution in [3.63, 3.8) is 0 Å². The molecule has 0 aromatic carbocycles. The van der Waals surface area contributed by atoms with E-state index in [1.807, 2.05) is 26.0 Å². The van der Waals surface area contributed by atoms with Crippen molar-refractivity contribution in [2.75, 3.05) is 7.11 Å². The van der Waals surface area contributed by atoms with E-state index in [1.165, 1.54) is 0 Å². The van der Waals surface area contributed by atoms with Gasteiger partial charge in [-0.15, -0.1) is 10.2 Å². The van der Waals surface area contributed by atoms with Gasteiger partial charge >= 0.3 is 0 Å². The Hall–Kier alpha value is -2.59. The SMILES string of the molecule is COCc1nnc([C@]23CCC(C)(C)CC2C2C(=O)C=C4[C@@]5(C)C=C(C#N)C(=O)C(C)(C)[C@@H]5CC[C@@]4(C)[C@]2(C)CC3)o1. The van der Waals surface area contributed by atoms with Gasteiger partial charge in [0, 0.05) is 23.9 Å². The van der Waals surface area contributed by atoms with Gasteiger partial charge in [0.1, 0.15) is 12.7 Å². The summed E-state index contributed by atoms with van der Waals surface area (Å²) in [5, 5.41) is 18.8. The first-order valence-corrected chi connectivity index (χ1v) is 15.4. The molecule has 3 saturated carbocycles. The van der Waals surface area contributed by atoms with Crippen molar-refractivity contribution in [1.82, 2.24) is 10.2 Å². The lowest BCUT2D eigenvalue weighted by Crippen LogP contribution is -2.65. The average molecular weight is 560 g/mol. The molecule has 2 unspecified atom stereocenters. The summed E-state index contributed by atoms with van der Waals surface area (Å²) >= 11 is 0. The normalized spacial score (nSPS) is 42.6. The summed E-state index contributed by atoms with van der Waals surface area (Å²) in [5.41, 5.74) is -0.566. The van der Waals surface area contributed by atoms with E-state index in [0.29, 0.717) is 11.8 Å². The molecule has 1 aromatic heterocycles. The van der Waals surface area contributed by atoms with Gasteiger partial charge < -0.3 is 9.15 Å². The molecule has 0 radical (unpaired) electrons. The Kier molecular flexibility index (Phi) is 6.07. The number of hydrogen-bond donors (Lipinski definition) is 0. The lowest BCUT2D eigenvalue weighted by atomic mass is 9.34. The molecule has 0 aliphatic heterocycles. The number of nitrogens with zero attached hydrogens (tertiary/aromatic N) is 3. The van der Waals surface area contributed by atoms with E-state index in [4.69, 9.17) is 9.15 Å². The van der Waals surface area contributed by atoms with Crippen LogP contribution in [0.15, 0.2) is 27.7 Å². The number of fused-ring (bicyclic) bond motifs is 7. The molecule has 3 fully saturated rings. The Labute approximate surface area is 244 Å². The highest BCUT2D eigenvalue weighted by molar-refractivity contribution is 6.04. The molecule has 7 heteroatoms. The van der Waals surface area contributed by atoms with Crippen LogP contribution in [0.2, 0.25) is 0 Å². The van der Waals surface area contributed by atoms with Gasteiger partial charge in [-0.3, -0.25) is 9.59 Å². The van der Waals surface area contributed by atoms with Crippen molar-refractivity contribution in [1.29, 1.82) is 5.26 Å². The van der Waals surface area contributed by atoms with Gasteiger partial charge in [0.2, 0.25) is 11.8 Å². The summed E-state index contributed by atoms with van der Waals surface area (Å²) in [6.07, 6.45) is 10.4. The number of allylic oxidation sites excluding steroid dienone is 4. The number of carbonyl (C=O) groups is 2. The van der Waals surface area contributed by atoms with Crippen LogP contribution in [0.4, 0.5) is 0 Å². The first-order valence-electron chi connectivity index (χ1n) is 15.4. The maximum absolute atomic E-state index is 14.7. The monoisotopic (exact) mass is 559 g/mol.